The van der Waals surface area contributed by atoms with Crippen molar-refractivity contribution in [3.8, 4) is 0 Å². The number of hydrogen-bond acceptors (Lipinski definition) is 2. The van der Waals surface area contributed by atoms with Gasteiger partial charge in [-0.05, 0) is 25.2 Å². The number of fused-ring (bicyclic) bond motifs is 1. The van der Waals surface area contributed by atoms with Gasteiger partial charge in [0.2, 0.25) is 0 Å². The van der Waals surface area contributed by atoms with E-state index in [9.17, 15) is 4.79 Å². The van der Waals surface area contributed by atoms with E-state index < -0.39 is 0 Å². The summed E-state index contributed by atoms with van der Waals surface area (Å²) in [5.41, 5.74) is 0.122. The molecule has 0 aromatic heterocycles. The molecule has 0 spiro atoms. The maximum Gasteiger partial charge on any atom is 0.310 e. The standard InChI is InChI=1S/C12H18O2/c1-10(2)11(3)6-7-5-8(11)9(13)14-12(7,10)4/h7-8H,5-6H2,1-4H3. The molecule has 2 nitrogen and oxygen atoms in total. The molecule has 4 bridgehead atoms. The van der Waals surface area contributed by atoms with Crippen molar-refractivity contribution in [1.82, 2.24) is 0 Å². The Morgan fingerprint density at radius 2 is 1.93 bits per heavy atom. The second-order valence-corrected chi connectivity index (χ2v) is 6.26. The zero-order valence-electron chi connectivity index (χ0n) is 9.39. The minimum Gasteiger partial charge on any atom is -0.458 e. The van der Waals surface area contributed by atoms with Crippen LogP contribution in [0.3, 0.4) is 0 Å². The summed E-state index contributed by atoms with van der Waals surface area (Å²) in [6, 6.07) is 0. The van der Waals surface area contributed by atoms with Gasteiger partial charge < -0.3 is 4.74 Å². The van der Waals surface area contributed by atoms with Crippen molar-refractivity contribution in [1.29, 1.82) is 0 Å². The van der Waals surface area contributed by atoms with E-state index in [2.05, 4.69) is 27.7 Å². The van der Waals surface area contributed by atoms with Gasteiger partial charge in [0.25, 0.3) is 0 Å². The second kappa shape index (κ2) is 1.89. The molecule has 2 aliphatic heterocycles. The van der Waals surface area contributed by atoms with Crippen LogP contribution in [0.4, 0.5) is 0 Å². The van der Waals surface area contributed by atoms with E-state index in [-0.39, 0.29) is 28.3 Å². The van der Waals surface area contributed by atoms with Gasteiger partial charge in [0.15, 0.2) is 0 Å². The number of hydrogen-bond donors (Lipinski definition) is 0. The molecule has 2 saturated heterocycles. The van der Waals surface area contributed by atoms with E-state index in [4.69, 9.17) is 4.74 Å². The zero-order valence-corrected chi connectivity index (χ0v) is 9.39. The van der Waals surface area contributed by atoms with E-state index in [1.165, 1.54) is 6.42 Å². The largest absolute Gasteiger partial charge is 0.458 e. The topological polar surface area (TPSA) is 26.3 Å². The van der Waals surface area contributed by atoms with Gasteiger partial charge in [-0.15, -0.1) is 0 Å². The lowest BCUT2D eigenvalue weighted by Gasteiger charge is -2.58. The average Bonchev–Trinajstić information content (AvgIpc) is 2.44. The highest BCUT2D eigenvalue weighted by Gasteiger charge is 2.76. The fourth-order valence-corrected chi connectivity index (χ4v) is 4.32. The van der Waals surface area contributed by atoms with Crippen molar-refractivity contribution in [2.24, 2.45) is 22.7 Å². The Morgan fingerprint density at radius 1 is 1.29 bits per heavy atom. The predicted octanol–water partition coefficient (Wildman–Crippen LogP) is 2.37. The van der Waals surface area contributed by atoms with Crippen LogP contribution in [0.5, 0.6) is 0 Å². The first-order valence-corrected chi connectivity index (χ1v) is 5.56. The highest BCUT2D eigenvalue weighted by atomic mass is 16.6. The average molecular weight is 194 g/mol. The smallest absolute Gasteiger partial charge is 0.310 e. The minimum atomic E-state index is -0.201. The van der Waals surface area contributed by atoms with Crippen LogP contribution < -0.4 is 0 Å². The molecule has 2 heterocycles. The van der Waals surface area contributed by atoms with Crippen molar-refractivity contribution in [2.45, 2.75) is 46.1 Å². The van der Waals surface area contributed by atoms with E-state index >= 15 is 0 Å². The Bertz CT molecular complexity index is 327. The van der Waals surface area contributed by atoms with Crippen molar-refractivity contribution in [3.05, 3.63) is 0 Å². The molecule has 14 heavy (non-hydrogen) atoms. The predicted molar refractivity (Wildman–Crippen MR) is 52.6 cm³/mol. The SMILES string of the molecule is CC12CC3CC1C(=O)OC3(C)C2(C)C. The number of ether oxygens (including phenoxy) is 1. The fraction of sp³-hybridized carbons (Fsp3) is 0.917. The number of carbonyl (C=O) groups excluding carboxylic acids is 1. The summed E-state index contributed by atoms with van der Waals surface area (Å²) >= 11 is 0. The van der Waals surface area contributed by atoms with Gasteiger partial charge in [0.05, 0.1) is 5.92 Å². The number of carbonyl (C=O) groups is 1. The van der Waals surface area contributed by atoms with Gasteiger partial charge in [-0.3, -0.25) is 4.79 Å². The molecular formula is C12H18O2. The number of rotatable bonds is 0. The number of esters is 1. The van der Waals surface area contributed by atoms with Gasteiger partial charge in [0.1, 0.15) is 5.60 Å². The van der Waals surface area contributed by atoms with Gasteiger partial charge in [0, 0.05) is 11.3 Å². The van der Waals surface area contributed by atoms with Crippen molar-refractivity contribution < 1.29 is 9.53 Å². The van der Waals surface area contributed by atoms with E-state index in [0.717, 1.165) is 6.42 Å². The quantitative estimate of drug-likeness (QED) is 0.553. The molecule has 78 valence electrons. The molecule has 0 aromatic rings. The summed E-state index contributed by atoms with van der Waals surface area (Å²) in [4.78, 5) is 11.8. The molecule has 2 saturated carbocycles. The molecule has 0 amide bonds. The van der Waals surface area contributed by atoms with Gasteiger partial charge in [-0.2, -0.15) is 0 Å². The maximum atomic E-state index is 11.8. The Kier molecular flexibility index (Phi) is 1.18. The third-order valence-electron chi connectivity index (χ3n) is 6.00. The summed E-state index contributed by atoms with van der Waals surface area (Å²) in [7, 11) is 0. The Morgan fingerprint density at radius 3 is 2.43 bits per heavy atom. The minimum absolute atomic E-state index is 0.0584. The maximum absolute atomic E-state index is 11.8. The molecule has 4 atom stereocenters. The van der Waals surface area contributed by atoms with Gasteiger partial charge in [-0.25, -0.2) is 0 Å². The first-order chi connectivity index (χ1) is 6.33. The van der Waals surface area contributed by atoms with Crippen LogP contribution in [0.1, 0.15) is 40.5 Å². The zero-order chi connectivity index (χ0) is 10.4. The molecule has 4 unspecified atom stereocenters. The van der Waals surface area contributed by atoms with Crippen LogP contribution in [0.2, 0.25) is 0 Å². The monoisotopic (exact) mass is 194 g/mol. The summed E-state index contributed by atoms with van der Waals surface area (Å²) in [5, 5.41) is 0. The van der Waals surface area contributed by atoms with Crippen molar-refractivity contribution >= 4 is 5.97 Å². The molecule has 2 heteroatoms. The lowest BCUT2D eigenvalue weighted by molar-refractivity contribution is -0.231. The highest BCUT2D eigenvalue weighted by Crippen LogP contribution is 2.74. The summed E-state index contributed by atoms with van der Waals surface area (Å²) in [6.45, 7) is 8.96. The summed E-state index contributed by atoms with van der Waals surface area (Å²) < 4.78 is 5.67. The van der Waals surface area contributed by atoms with Crippen molar-refractivity contribution in [2.75, 3.05) is 0 Å². The molecule has 4 fully saturated rings. The van der Waals surface area contributed by atoms with E-state index in [1.807, 2.05) is 0 Å². The normalized spacial score (nSPS) is 57.9. The van der Waals surface area contributed by atoms with Gasteiger partial charge >= 0.3 is 5.97 Å². The van der Waals surface area contributed by atoms with Crippen LogP contribution in [0.15, 0.2) is 0 Å². The molecule has 4 rings (SSSR count). The van der Waals surface area contributed by atoms with Gasteiger partial charge in [-0.1, -0.05) is 20.8 Å². The lowest BCUT2D eigenvalue weighted by Crippen LogP contribution is -2.62. The third kappa shape index (κ3) is 0.558. The van der Waals surface area contributed by atoms with Crippen LogP contribution in [-0.4, -0.2) is 11.6 Å². The summed E-state index contributed by atoms with van der Waals surface area (Å²) in [6.07, 6.45) is 2.24. The molecule has 0 aromatic carbocycles. The Labute approximate surface area is 85.0 Å². The third-order valence-corrected chi connectivity index (χ3v) is 6.00. The Hall–Kier alpha value is -0.530. The van der Waals surface area contributed by atoms with E-state index in [0.29, 0.717) is 5.92 Å². The summed E-state index contributed by atoms with van der Waals surface area (Å²) in [5.74, 6) is 0.831. The molecule has 0 N–H and O–H groups in total. The van der Waals surface area contributed by atoms with Crippen LogP contribution >= 0.6 is 0 Å². The highest BCUT2D eigenvalue weighted by molar-refractivity contribution is 5.78. The first-order valence-electron chi connectivity index (χ1n) is 5.56. The lowest BCUT2D eigenvalue weighted by atomic mass is 9.53. The molecular weight excluding hydrogens is 176 g/mol. The van der Waals surface area contributed by atoms with Crippen LogP contribution in [0.25, 0.3) is 0 Å². The first kappa shape index (κ1) is 8.75. The van der Waals surface area contributed by atoms with Crippen LogP contribution in [0, 0.1) is 22.7 Å². The van der Waals surface area contributed by atoms with Crippen molar-refractivity contribution in [3.63, 3.8) is 0 Å². The molecule has 2 aliphatic carbocycles. The Balaban J connectivity index is 2.23. The van der Waals surface area contributed by atoms with Crippen LogP contribution in [-0.2, 0) is 9.53 Å². The van der Waals surface area contributed by atoms with E-state index in [1.54, 1.807) is 0 Å². The fourth-order valence-electron chi connectivity index (χ4n) is 4.32. The molecule has 0 radical (unpaired) electrons. The second-order valence-electron chi connectivity index (χ2n) is 6.26. The molecule has 4 aliphatic rings.